The molecule has 0 atom stereocenters. The van der Waals surface area contributed by atoms with E-state index in [-0.39, 0.29) is 15.8 Å². The van der Waals surface area contributed by atoms with Crippen LogP contribution >= 0.6 is 11.3 Å². The van der Waals surface area contributed by atoms with Gasteiger partial charge in [0.2, 0.25) is 21.1 Å². The van der Waals surface area contributed by atoms with Crippen LogP contribution in [0, 0.1) is 0 Å². The number of carbonyl (C=O) groups excluding carboxylic acids is 1. The second-order valence-corrected chi connectivity index (χ2v) is 9.13. The van der Waals surface area contributed by atoms with Gasteiger partial charge in [-0.1, -0.05) is 41.7 Å². The first-order valence-electron chi connectivity index (χ1n) is 8.72. The minimum atomic E-state index is -3.92. The second-order valence-electron chi connectivity index (χ2n) is 6.10. The maximum absolute atomic E-state index is 12.8. The molecule has 1 N–H and O–H groups in total. The predicted octanol–water partition coefficient (Wildman–Crippen LogP) is 2.48. The first-order chi connectivity index (χ1) is 14.3. The Morgan fingerprint density at radius 2 is 1.77 bits per heavy atom. The third-order valence-electron chi connectivity index (χ3n) is 4.12. The van der Waals surface area contributed by atoms with E-state index in [1.807, 2.05) is 30.3 Å². The summed E-state index contributed by atoms with van der Waals surface area (Å²) in [6, 6.07) is 13.6. The van der Waals surface area contributed by atoms with Crippen LogP contribution in [0.25, 0.3) is 10.6 Å². The zero-order valence-corrected chi connectivity index (χ0v) is 18.2. The highest BCUT2D eigenvalue weighted by molar-refractivity contribution is 7.89. The summed E-state index contributed by atoms with van der Waals surface area (Å²) in [7, 11) is 0.275. The molecule has 2 aromatic carbocycles. The van der Waals surface area contributed by atoms with E-state index in [9.17, 15) is 13.2 Å². The van der Waals surface area contributed by atoms with Gasteiger partial charge >= 0.3 is 0 Å². The highest BCUT2D eigenvalue weighted by Gasteiger charge is 2.25. The molecule has 0 aliphatic rings. The molecule has 158 valence electrons. The van der Waals surface area contributed by atoms with E-state index in [0.717, 1.165) is 9.87 Å². The highest BCUT2D eigenvalue weighted by Crippen LogP contribution is 2.30. The fraction of sp³-hybridized carbons (Fsp3) is 0.211. The molecule has 3 rings (SSSR count). The van der Waals surface area contributed by atoms with Gasteiger partial charge in [0.15, 0.2) is 11.5 Å². The van der Waals surface area contributed by atoms with Crippen LogP contribution in [0.2, 0.25) is 0 Å². The quantitative estimate of drug-likeness (QED) is 0.564. The van der Waals surface area contributed by atoms with Crippen LogP contribution in [0.5, 0.6) is 11.5 Å². The van der Waals surface area contributed by atoms with Gasteiger partial charge in [0.25, 0.3) is 0 Å². The van der Waals surface area contributed by atoms with Crippen molar-refractivity contribution in [2.45, 2.75) is 4.90 Å². The summed E-state index contributed by atoms with van der Waals surface area (Å²) in [4.78, 5) is 12.3. The lowest BCUT2D eigenvalue weighted by atomic mass is 10.2. The van der Waals surface area contributed by atoms with E-state index >= 15 is 0 Å². The lowest BCUT2D eigenvalue weighted by Crippen LogP contribution is -2.35. The predicted molar refractivity (Wildman–Crippen MR) is 113 cm³/mol. The van der Waals surface area contributed by atoms with E-state index < -0.39 is 22.5 Å². The monoisotopic (exact) mass is 448 g/mol. The van der Waals surface area contributed by atoms with Crippen molar-refractivity contribution in [3.05, 3.63) is 48.5 Å². The number of hydrogen-bond acceptors (Lipinski definition) is 8. The summed E-state index contributed by atoms with van der Waals surface area (Å²) in [5.74, 6) is 0.151. The third-order valence-corrected chi connectivity index (χ3v) is 6.81. The van der Waals surface area contributed by atoms with Crippen LogP contribution in [0.3, 0.4) is 0 Å². The van der Waals surface area contributed by atoms with Gasteiger partial charge in [0, 0.05) is 18.7 Å². The summed E-state index contributed by atoms with van der Waals surface area (Å²) < 4.78 is 36.8. The van der Waals surface area contributed by atoms with Crippen LogP contribution < -0.4 is 14.8 Å². The Balaban J connectivity index is 1.68. The van der Waals surface area contributed by atoms with Crippen molar-refractivity contribution in [1.82, 2.24) is 14.5 Å². The molecule has 0 fully saturated rings. The van der Waals surface area contributed by atoms with E-state index in [1.54, 1.807) is 0 Å². The normalized spacial score (nSPS) is 11.3. The first kappa shape index (κ1) is 21.7. The molecule has 1 amide bonds. The molecule has 0 bridgehead atoms. The molecule has 0 spiro atoms. The Labute approximate surface area is 178 Å². The molecule has 0 aliphatic carbocycles. The second kappa shape index (κ2) is 9.20. The molecular weight excluding hydrogens is 428 g/mol. The van der Waals surface area contributed by atoms with Gasteiger partial charge in [-0.15, -0.1) is 10.2 Å². The van der Waals surface area contributed by atoms with Gasteiger partial charge < -0.3 is 9.47 Å². The van der Waals surface area contributed by atoms with Crippen molar-refractivity contribution >= 4 is 32.4 Å². The van der Waals surface area contributed by atoms with Gasteiger partial charge in [-0.2, -0.15) is 4.31 Å². The minimum absolute atomic E-state index is 0.0160. The van der Waals surface area contributed by atoms with Crippen molar-refractivity contribution < 1.29 is 22.7 Å². The van der Waals surface area contributed by atoms with Crippen LogP contribution in [-0.4, -0.2) is 56.6 Å². The molecule has 30 heavy (non-hydrogen) atoms. The number of nitrogens with one attached hydrogen (secondary N) is 1. The van der Waals surface area contributed by atoms with Crippen LogP contribution in [0.15, 0.2) is 53.4 Å². The van der Waals surface area contributed by atoms with Gasteiger partial charge in [-0.05, 0) is 12.1 Å². The van der Waals surface area contributed by atoms with Crippen LogP contribution in [0.1, 0.15) is 0 Å². The molecule has 3 aromatic rings. The van der Waals surface area contributed by atoms with E-state index in [2.05, 4.69) is 15.5 Å². The smallest absolute Gasteiger partial charge is 0.243 e. The molecule has 9 nitrogen and oxygen atoms in total. The number of carbonyl (C=O) groups is 1. The molecule has 0 saturated heterocycles. The van der Waals surface area contributed by atoms with Crippen molar-refractivity contribution in [3.63, 3.8) is 0 Å². The van der Waals surface area contributed by atoms with E-state index in [4.69, 9.17) is 9.47 Å². The molecule has 0 unspecified atom stereocenters. The number of sulfonamides is 1. The van der Waals surface area contributed by atoms with Gasteiger partial charge in [0.1, 0.15) is 5.01 Å². The molecule has 1 heterocycles. The zero-order valence-electron chi connectivity index (χ0n) is 16.5. The highest BCUT2D eigenvalue weighted by atomic mass is 32.2. The summed E-state index contributed by atoms with van der Waals surface area (Å²) in [5, 5.41) is 11.5. The maximum atomic E-state index is 12.8. The van der Waals surface area contributed by atoms with Crippen molar-refractivity contribution in [1.29, 1.82) is 0 Å². The maximum Gasteiger partial charge on any atom is 0.243 e. The number of methoxy groups -OCH3 is 2. The first-order valence-corrected chi connectivity index (χ1v) is 11.0. The Hall–Kier alpha value is -3.02. The fourth-order valence-electron chi connectivity index (χ4n) is 2.57. The summed E-state index contributed by atoms with van der Waals surface area (Å²) in [6.07, 6.45) is 0. The van der Waals surface area contributed by atoms with E-state index in [0.29, 0.717) is 10.8 Å². The van der Waals surface area contributed by atoms with Gasteiger partial charge in [0.05, 0.1) is 25.7 Å². The topological polar surface area (TPSA) is 111 Å². The Morgan fingerprint density at radius 3 is 2.43 bits per heavy atom. The number of benzene rings is 2. The average Bonchev–Trinajstić information content (AvgIpc) is 3.21. The molecule has 0 saturated carbocycles. The molecule has 1 aromatic heterocycles. The minimum Gasteiger partial charge on any atom is -0.493 e. The number of anilines is 1. The molecular formula is C19H20N4O5S2. The number of likely N-dealkylation sites (N-methyl/N-ethyl adjacent to an activating group) is 1. The Kier molecular flexibility index (Phi) is 6.65. The van der Waals surface area contributed by atoms with Gasteiger partial charge in [-0.3, -0.25) is 10.1 Å². The van der Waals surface area contributed by atoms with Crippen molar-refractivity contribution in [2.24, 2.45) is 0 Å². The number of rotatable bonds is 8. The lowest BCUT2D eigenvalue weighted by molar-refractivity contribution is -0.116. The summed E-state index contributed by atoms with van der Waals surface area (Å²) in [5.41, 5.74) is 0.878. The van der Waals surface area contributed by atoms with Gasteiger partial charge in [-0.25, -0.2) is 8.42 Å². The van der Waals surface area contributed by atoms with E-state index in [1.165, 1.54) is 50.8 Å². The number of aromatic nitrogens is 2. The van der Waals surface area contributed by atoms with Crippen LogP contribution in [-0.2, 0) is 14.8 Å². The molecule has 0 aliphatic heterocycles. The number of ether oxygens (including phenoxy) is 2. The molecule has 11 heteroatoms. The van der Waals surface area contributed by atoms with Crippen molar-refractivity contribution in [3.8, 4) is 22.1 Å². The summed E-state index contributed by atoms with van der Waals surface area (Å²) in [6.45, 7) is -0.392. The third kappa shape index (κ3) is 4.75. The number of hydrogen-bond donors (Lipinski definition) is 1. The average molecular weight is 449 g/mol. The SMILES string of the molecule is COc1ccc(S(=O)(=O)N(C)CC(=O)Nc2nnc(-c3ccccc3)s2)cc1OC. The Morgan fingerprint density at radius 1 is 1.07 bits per heavy atom. The number of amides is 1. The zero-order chi connectivity index (χ0) is 21.7. The number of nitrogens with zero attached hydrogens (tertiary/aromatic N) is 3. The largest absolute Gasteiger partial charge is 0.493 e. The Bertz CT molecular complexity index is 1130. The lowest BCUT2D eigenvalue weighted by Gasteiger charge is -2.17. The molecule has 0 radical (unpaired) electrons. The standard InChI is InChI=1S/C19H20N4O5S2/c1-23(30(25,26)14-9-10-15(27-2)16(11-14)28-3)12-17(24)20-19-22-21-18(29-19)13-7-5-4-6-8-13/h4-11H,12H2,1-3H3,(H,20,22,24). The fourth-order valence-corrected chi connectivity index (χ4v) is 4.48. The summed E-state index contributed by atoms with van der Waals surface area (Å²) >= 11 is 1.20. The van der Waals surface area contributed by atoms with Crippen molar-refractivity contribution in [2.75, 3.05) is 33.1 Å². The van der Waals surface area contributed by atoms with Crippen LogP contribution in [0.4, 0.5) is 5.13 Å².